The van der Waals surface area contributed by atoms with Gasteiger partial charge < -0.3 is 4.90 Å². The second-order valence-electron chi connectivity index (χ2n) is 7.97. The van der Waals surface area contributed by atoms with Gasteiger partial charge in [-0.15, -0.1) is 11.3 Å². The van der Waals surface area contributed by atoms with Crippen LogP contribution in [0, 0.1) is 18.7 Å². The van der Waals surface area contributed by atoms with E-state index in [1.54, 1.807) is 18.3 Å². The minimum atomic E-state index is -0.299. The van der Waals surface area contributed by atoms with Crippen LogP contribution >= 0.6 is 22.9 Å². The van der Waals surface area contributed by atoms with Crippen molar-refractivity contribution in [2.75, 3.05) is 6.54 Å². The van der Waals surface area contributed by atoms with Gasteiger partial charge in [0.25, 0.3) is 5.91 Å². The first-order chi connectivity index (χ1) is 14.9. The number of aryl methyl sites for hydroxylation is 2. The molecule has 31 heavy (non-hydrogen) atoms. The first-order valence-electron chi connectivity index (χ1n) is 10.4. The largest absolute Gasteiger partial charge is 0.334 e. The molecule has 0 N–H and O–H groups in total. The van der Waals surface area contributed by atoms with Crippen molar-refractivity contribution in [3.63, 3.8) is 0 Å². The Morgan fingerprint density at radius 1 is 1.26 bits per heavy atom. The molecule has 0 spiro atoms. The molecule has 2 aromatic heterocycles. The number of aromatic nitrogens is 3. The van der Waals surface area contributed by atoms with E-state index >= 15 is 0 Å². The van der Waals surface area contributed by atoms with Crippen LogP contribution in [-0.2, 0) is 6.42 Å². The minimum absolute atomic E-state index is 0.0580. The Labute approximate surface area is 190 Å². The zero-order chi connectivity index (χ0) is 22.0. The van der Waals surface area contributed by atoms with Crippen LogP contribution < -0.4 is 0 Å². The Balaban J connectivity index is 1.59. The second-order valence-corrected chi connectivity index (χ2v) is 9.57. The number of carbonyl (C=O) groups excluding carboxylic acids is 1. The Kier molecular flexibility index (Phi) is 6.62. The molecule has 3 heterocycles. The van der Waals surface area contributed by atoms with E-state index in [2.05, 4.69) is 21.9 Å². The third-order valence-electron chi connectivity index (χ3n) is 5.77. The monoisotopic (exact) mass is 458 g/mol. The Bertz CT molecular complexity index is 1070. The van der Waals surface area contributed by atoms with Gasteiger partial charge in [0.05, 0.1) is 21.8 Å². The highest BCUT2D eigenvalue weighted by molar-refractivity contribution is 7.15. The maximum atomic E-state index is 13.6. The van der Waals surface area contributed by atoms with E-state index in [0.29, 0.717) is 29.7 Å². The van der Waals surface area contributed by atoms with E-state index in [0.717, 1.165) is 40.4 Å². The summed E-state index contributed by atoms with van der Waals surface area (Å²) in [5.74, 6) is 0.0168. The van der Waals surface area contributed by atoms with E-state index in [1.807, 2.05) is 11.8 Å². The van der Waals surface area contributed by atoms with Crippen LogP contribution in [0.2, 0.25) is 5.15 Å². The van der Waals surface area contributed by atoms with Crippen molar-refractivity contribution in [1.29, 1.82) is 0 Å². The molecule has 1 fully saturated rings. The molecule has 0 saturated carbocycles. The van der Waals surface area contributed by atoms with Gasteiger partial charge in [0.15, 0.2) is 0 Å². The molecule has 0 unspecified atom stereocenters. The lowest BCUT2D eigenvalue weighted by Crippen LogP contribution is -2.48. The first kappa shape index (κ1) is 21.8. The highest BCUT2D eigenvalue weighted by Gasteiger charge is 2.34. The summed E-state index contributed by atoms with van der Waals surface area (Å²) in [5.41, 5.74) is 2.09. The summed E-state index contributed by atoms with van der Waals surface area (Å²) in [4.78, 5) is 29.4. The summed E-state index contributed by atoms with van der Waals surface area (Å²) < 4.78 is 13.4. The van der Waals surface area contributed by atoms with Crippen molar-refractivity contribution in [1.82, 2.24) is 19.9 Å². The number of likely N-dealkylation sites (tertiary alicyclic amines) is 1. The topological polar surface area (TPSA) is 59.0 Å². The van der Waals surface area contributed by atoms with Gasteiger partial charge in [-0.05, 0) is 56.2 Å². The summed E-state index contributed by atoms with van der Waals surface area (Å²) >= 11 is 7.44. The molecule has 3 aromatic rings. The number of piperidine rings is 1. The van der Waals surface area contributed by atoms with Gasteiger partial charge in [-0.2, -0.15) is 0 Å². The van der Waals surface area contributed by atoms with Crippen LogP contribution in [0.4, 0.5) is 4.39 Å². The zero-order valence-corrected chi connectivity index (χ0v) is 19.1. The quantitative estimate of drug-likeness (QED) is 0.501. The van der Waals surface area contributed by atoms with Crippen molar-refractivity contribution in [3.8, 4) is 10.4 Å². The molecule has 0 radical (unpaired) electrons. The second kappa shape index (κ2) is 9.40. The highest BCUT2D eigenvalue weighted by atomic mass is 35.5. The lowest BCUT2D eigenvalue weighted by Gasteiger charge is -2.40. The van der Waals surface area contributed by atoms with Crippen LogP contribution in [0.3, 0.4) is 0 Å². The number of thiazole rings is 1. The van der Waals surface area contributed by atoms with E-state index in [4.69, 9.17) is 11.6 Å². The average Bonchev–Trinajstić information content (AvgIpc) is 3.14. The summed E-state index contributed by atoms with van der Waals surface area (Å²) in [7, 11) is 0. The number of amides is 1. The van der Waals surface area contributed by atoms with Crippen molar-refractivity contribution < 1.29 is 9.18 Å². The van der Waals surface area contributed by atoms with Crippen molar-refractivity contribution in [3.05, 3.63) is 64.0 Å². The number of halogens is 2. The molecule has 5 nitrogen and oxygen atoms in total. The zero-order valence-electron chi connectivity index (χ0n) is 17.5. The smallest absolute Gasteiger partial charge is 0.274 e. The Hall–Kier alpha value is -2.38. The van der Waals surface area contributed by atoms with Crippen molar-refractivity contribution in [2.24, 2.45) is 5.92 Å². The molecule has 8 heteroatoms. The predicted octanol–water partition coefficient (Wildman–Crippen LogP) is 5.57. The number of nitrogens with zero attached hydrogens (tertiary/aromatic N) is 4. The van der Waals surface area contributed by atoms with Gasteiger partial charge in [-0.25, -0.2) is 14.4 Å². The van der Waals surface area contributed by atoms with Crippen molar-refractivity contribution in [2.45, 2.75) is 45.6 Å². The number of hydrogen-bond acceptors (Lipinski definition) is 5. The molecule has 4 rings (SSSR count). The molecule has 1 aliphatic rings. The van der Waals surface area contributed by atoms with Gasteiger partial charge in [-0.1, -0.05) is 30.7 Å². The summed E-state index contributed by atoms with van der Waals surface area (Å²) in [6.45, 7) is 4.79. The fraction of sp³-hybridized carbons (Fsp3) is 0.391. The Morgan fingerprint density at radius 2 is 2.03 bits per heavy atom. The van der Waals surface area contributed by atoms with E-state index in [9.17, 15) is 9.18 Å². The van der Waals surface area contributed by atoms with E-state index in [1.165, 1.54) is 29.7 Å². The SMILES string of the molecule is Cc1nc(C(=O)N2CCC[C@@H](C)[C@H]2CCc2cncc(Cl)n2)c(-c2ccc(F)cc2)s1. The molecule has 2 atom stereocenters. The van der Waals surface area contributed by atoms with Crippen LogP contribution in [0.1, 0.15) is 47.4 Å². The number of rotatable bonds is 5. The van der Waals surface area contributed by atoms with Crippen LogP contribution in [0.25, 0.3) is 10.4 Å². The summed E-state index contributed by atoms with van der Waals surface area (Å²) in [6.07, 6.45) is 6.78. The van der Waals surface area contributed by atoms with Crippen LogP contribution in [-0.4, -0.2) is 38.3 Å². The third kappa shape index (κ3) is 4.93. The number of carbonyl (C=O) groups is 1. The van der Waals surface area contributed by atoms with E-state index in [-0.39, 0.29) is 17.8 Å². The number of benzene rings is 1. The molecule has 1 aromatic carbocycles. The fourth-order valence-corrected chi connectivity index (χ4v) is 5.32. The summed E-state index contributed by atoms with van der Waals surface area (Å²) in [6, 6.07) is 6.32. The normalized spacial score (nSPS) is 18.9. The molecule has 1 amide bonds. The van der Waals surface area contributed by atoms with Crippen LogP contribution in [0.5, 0.6) is 0 Å². The molecule has 0 aliphatic carbocycles. The van der Waals surface area contributed by atoms with Crippen molar-refractivity contribution >= 4 is 28.8 Å². The minimum Gasteiger partial charge on any atom is -0.334 e. The van der Waals surface area contributed by atoms with Crippen LogP contribution in [0.15, 0.2) is 36.7 Å². The van der Waals surface area contributed by atoms with Gasteiger partial charge in [0, 0.05) is 18.8 Å². The molecule has 162 valence electrons. The molecular formula is C23H24ClFN4OS. The molecule has 1 aliphatic heterocycles. The molecule has 1 saturated heterocycles. The standard InChI is InChI=1S/C23H24ClFN4OS/c1-14-4-3-11-29(19(14)10-9-18-12-26-13-20(24)28-18)23(30)21-22(31-15(2)27-21)16-5-7-17(25)8-6-16/h5-8,12-14,19H,3-4,9-11H2,1-2H3/t14-,19-/m1/s1. The van der Waals surface area contributed by atoms with Gasteiger partial charge in [0.2, 0.25) is 0 Å². The fourth-order valence-electron chi connectivity index (χ4n) is 4.24. The maximum Gasteiger partial charge on any atom is 0.274 e. The molecule has 0 bridgehead atoms. The lowest BCUT2D eigenvalue weighted by molar-refractivity contribution is 0.0494. The maximum absolute atomic E-state index is 13.6. The average molecular weight is 459 g/mol. The molecular weight excluding hydrogens is 435 g/mol. The van der Waals surface area contributed by atoms with Gasteiger partial charge in [0.1, 0.15) is 16.7 Å². The predicted molar refractivity (Wildman–Crippen MR) is 121 cm³/mol. The number of hydrogen-bond donors (Lipinski definition) is 0. The first-order valence-corrected chi connectivity index (χ1v) is 11.6. The lowest BCUT2D eigenvalue weighted by atomic mass is 9.87. The van der Waals surface area contributed by atoms with Gasteiger partial charge in [-0.3, -0.25) is 9.78 Å². The Morgan fingerprint density at radius 3 is 2.77 bits per heavy atom. The van der Waals surface area contributed by atoms with E-state index < -0.39 is 0 Å². The highest BCUT2D eigenvalue weighted by Crippen LogP contribution is 2.34. The summed E-state index contributed by atoms with van der Waals surface area (Å²) in [5, 5.41) is 1.20. The third-order valence-corrected chi connectivity index (χ3v) is 6.97. The van der Waals surface area contributed by atoms with Gasteiger partial charge >= 0.3 is 0 Å².